The van der Waals surface area contributed by atoms with E-state index < -0.39 is 5.54 Å². The topological polar surface area (TPSA) is 72.7 Å². The highest BCUT2D eigenvalue weighted by molar-refractivity contribution is 5.51. The minimum absolute atomic E-state index is 0.123. The van der Waals surface area contributed by atoms with Gasteiger partial charge in [0.2, 0.25) is 0 Å². The Bertz CT molecular complexity index is 324. The minimum Gasteiger partial charge on any atom is -0.508 e. The fourth-order valence-electron chi connectivity index (χ4n) is 1.36. The van der Waals surface area contributed by atoms with Crippen LogP contribution in [0.1, 0.15) is 19.4 Å². The molecule has 0 heterocycles. The van der Waals surface area contributed by atoms with E-state index in [1.54, 1.807) is 7.05 Å². The van der Waals surface area contributed by atoms with Gasteiger partial charge >= 0.3 is 0 Å². The SMILES string of the molecule is CNC(C)(C)c1c(O)cc(O)cc1O. The molecule has 1 aromatic rings. The van der Waals surface area contributed by atoms with Gasteiger partial charge in [0.1, 0.15) is 17.2 Å². The van der Waals surface area contributed by atoms with Crippen molar-refractivity contribution in [3.8, 4) is 17.2 Å². The molecule has 0 unspecified atom stereocenters. The van der Waals surface area contributed by atoms with Gasteiger partial charge in [0, 0.05) is 17.7 Å². The minimum atomic E-state index is -0.554. The smallest absolute Gasteiger partial charge is 0.128 e. The van der Waals surface area contributed by atoms with Crippen LogP contribution in [-0.4, -0.2) is 22.4 Å². The first-order valence-electron chi connectivity index (χ1n) is 4.33. The van der Waals surface area contributed by atoms with E-state index in [4.69, 9.17) is 5.11 Å². The van der Waals surface area contributed by atoms with Crippen molar-refractivity contribution >= 4 is 0 Å². The standard InChI is InChI=1S/C10H15NO3/c1-10(2,11-3)9-7(13)4-6(12)5-8(9)14/h4-5,11-14H,1-3H3. The molecule has 0 amide bonds. The highest BCUT2D eigenvalue weighted by Crippen LogP contribution is 2.38. The summed E-state index contributed by atoms with van der Waals surface area (Å²) in [5.41, 5.74) is -0.181. The van der Waals surface area contributed by atoms with E-state index in [0.717, 1.165) is 0 Å². The molecule has 0 saturated heterocycles. The number of phenolic OH excluding ortho intramolecular Hbond substituents is 3. The average Bonchev–Trinajstić information content (AvgIpc) is 2.01. The Morgan fingerprint density at radius 1 is 1.07 bits per heavy atom. The largest absolute Gasteiger partial charge is 0.508 e. The van der Waals surface area contributed by atoms with Gasteiger partial charge in [0.15, 0.2) is 0 Å². The van der Waals surface area contributed by atoms with Crippen LogP contribution in [0.25, 0.3) is 0 Å². The van der Waals surface area contributed by atoms with Crippen LogP contribution in [0.2, 0.25) is 0 Å². The summed E-state index contributed by atoms with van der Waals surface area (Å²) in [6, 6.07) is 2.41. The van der Waals surface area contributed by atoms with E-state index in [-0.39, 0.29) is 17.2 Å². The lowest BCUT2D eigenvalue weighted by molar-refractivity contribution is 0.365. The number of rotatable bonds is 2. The van der Waals surface area contributed by atoms with Gasteiger partial charge < -0.3 is 20.6 Å². The van der Waals surface area contributed by atoms with Crippen LogP contribution in [0.5, 0.6) is 17.2 Å². The van der Waals surface area contributed by atoms with Crippen LogP contribution >= 0.6 is 0 Å². The molecule has 14 heavy (non-hydrogen) atoms. The molecule has 0 aromatic heterocycles. The number of nitrogens with one attached hydrogen (secondary N) is 1. The molecule has 0 atom stereocenters. The molecule has 0 fully saturated rings. The Labute approximate surface area is 82.8 Å². The number of aromatic hydroxyl groups is 3. The first-order chi connectivity index (χ1) is 6.38. The third kappa shape index (κ3) is 1.75. The maximum atomic E-state index is 9.58. The lowest BCUT2D eigenvalue weighted by atomic mass is 9.92. The Hall–Kier alpha value is -1.42. The second-order valence-corrected chi connectivity index (χ2v) is 3.73. The lowest BCUT2D eigenvalue weighted by Gasteiger charge is -2.26. The summed E-state index contributed by atoms with van der Waals surface area (Å²) in [5, 5.41) is 31.2. The zero-order valence-electron chi connectivity index (χ0n) is 8.50. The van der Waals surface area contributed by atoms with Crippen LogP contribution in [0, 0.1) is 0 Å². The maximum absolute atomic E-state index is 9.58. The first kappa shape index (κ1) is 10.7. The second-order valence-electron chi connectivity index (χ2n) is 3.73. The molecule has 0 radical (unpaired) electrons. The molecule has 0 bridgehead atoms. The molecule has 0 saturated carbocycles. The van der Waals surface area contributed by atoms with Crippen molar-refractivity contribution in [3.63, 3.8) is 0 Å². The summed E-state index contributed by atoms with van der Waals surface area (Å²) < 4.78 is 0. The zero-order valence-corrected chi connectivity index (χ0v) is 8.50. The van der Waals surface area contributed by atoms with Crippen molar-refractivity contribution in [1.82, 2.24) is 5.32 Å². The van der Waals surface area contributed by atoms with Gasteiger partial charge in [-0.05, 0) is 20.9 Å². The number of benzene rings is 1. The molecule has 0 aliphatic rings. The van der Waals surface area contributed by atoms with Crippen LogP contribution in [0.15, 0.2) is 12.1 Å². The van der Waals surface area contributed by atoms with E-state index in [2.05, 4.69) is 5.32 Å². The highest BCUT2D eigenvalue weighted by Gasteiger charge is 2.25. The monoisotopic (exact) mass is 197 g/mol. The molecule has 0 aliphatic heterocycles. The summed E-state index contributed by atoms with van der Waals surface area (Å²) in [5.74, 6) is -0.403. The summed E-state index contributed by atoms with van der Waals surface area (Å²) in [4.78, 5) is 0. The number of hydrogen-bond acceptors (Lipinski definition) is 4. The normalized spacial score (nSPS) is 11.6. The maximum Gasteiger partial charge on any atom is 0.128 e. The fourth-order valence-corrected chi connectivity index (χ4v) is 1.36. The van der Waals surface area contributed by atoms with Gasteiger partial charge in [-0.15, -0.1) is 0 Å². The van der Waals surface area contributed by atoms with Crippen molar-refractivity contribution in [2.75, 3.05) is 7.05 Å². The second kappa shape index (κ2) is 3.38. The molecular weight excluding hydrogens is 182 g/mol. The Balaban J connectivity index is 3.35. The van der Waals surface area contributed by atoms with Crippen molar-refractivity contribution in [3.05, 3.63) is 17.7 Å². The van der Waals surface area contributed by atoms with Crippen LogP contribution in [0.3, 0.4) is 0 Å². The summed E-state index contributed by atoms with van der Waals surface area (Å²) in [6.07, 6.45) is 0. The third-order valence-corrected chi connectivity index (χ3v) is 2.33. The van der Waals surface area contributed by atoms with E-state index in [0.29, 0.717) is 5.56 Å². The van der Waals surface area contributed by atoms with Crippen molar-refractivity contribution in [2.24, 2.45) is 0 Å². The molecule has 1 aromatic carbocycles. The number of hydrogen-bond donors (Lipinski definition) is 4. The van der Waals surface area contributed by atoms with Gasteiger partial charge in [-0.25, -0.2) is 0 Å². The molecule has 78 valence electrons. The molecule has 4 N–H and O–H groups in total. The molecule has 0 aliphatic carbocycles. The Morgan fingerprint density at radius 3 is 1.86 bits per heavy atom. The van der Waals surface area contributed by atoms with Crippen LogP contribution < -0.4 is 5.32 Å². The Kier molecular flexibility index (Phi) is 2.57. The average molecular weight is 197 g/mol. The molecule has 1 rings (SSSR count). The van der Waals surface area contributed by atoms with Gasteiger partial charge in [-0.3, -0.25) is 0 Å². The van der Waals surface area contributed by atoms with E-state index >= 15 is 0 Å². The molecule has 4 heteroatoms. The Morgan fingerprint density at radius 2 is 1.50 bits per heavy atom. The van der Waals surface area contributed by atoms with Gasteiger partial charge in [-0.2, -0.15) is 0 Å². The summed E-state index contributed by atoms with van der Waals surface area (Å²) in [6.45, 7) is 3.64. The van der Waals surface area contributed by atoms with Crippen molar-refractivity contribution in [1.29, 1.82) is 0 Å². The van der Waals surface area contributed by atoms with Gasteiger partial charge in [0.05, 0.1) is 5.56 Å². The van der Waals surface area contributed by atoms with Crippen molar-refractivity contribution in [2.45, 2.75) is 19.4 Å². The molecular formula is C10H15NO3. The fraction of sp³-hybridized carbons (Fsp3) is 0.400. The zero-order chi connectivity index (χ0) is 10.9. The molecule has 0 spiro atoms. The summed E-state index contributed by atoms with van der Waals surface area (Å²) >= 11 is 0. The highest BCUT2D eigenvalue weighted by atomic mass is 16.3. The van der Waals surface area contributed by atoms with Crippen LogP contribution in [-0.2, 0) is 5.54 Å². The third-order valence-electron chi connectivity index (χ3n) is 2.33. The molecule has 4 nitrogen and oxygen atoms in total. The van der Waals surface area contributed by atoms with Gasteiger partial charge in [0.25, 0.3) is 0 Å². The lowest BCUT2D eigenvalue weighted by Crippen LogP contribution is -2.33. The van der Waals surface area contributed by atoms with Crippen molar-refractivity contribution < 1.29 is 15.3 Å². The van der Waals surface area contributed by atoms with Gasteiger partial charge in [-0.1, -0.05) is 0 Å². The first-order valence-corrected chi connectivity index (χ1v) is 4.33. The summed E-state index contributed by atoms with van der Waals surface area (Å²) in [7, 11) is 1.73. The van der Waals surface area contributed by atoms with E-state index in [9.17, 15) is 10.2 Å². The number of phenols is 3. The quantitative estimate of drug-likeness (QED) is 0.576. The predicted octanol–water partition coefficient (Wildman–Crippen LogP) is 1.26. The van der Waals surface area contributed by atoms with E-state index in [1.165, 1.54) is 12.1 Å². The predicted molar refractivity (Wildman–Crippen MR) is 53.5 cm³/mol. The van der Waals surface area contributed by atoms with Crippen LogP contribution in [0.4, 0.5) is 0 Å². The van der Waals surface area contributed by atoms with E-state index in [1.807, 2.05) is 13.8 Å².